The lowest BCUT2D eigenvalue weighted by Gasteiger charge is -2.30. The second kappa shape index (κ2) is 12.0. The van der Waals surface area contributed by atoms with Crippen LogP contribution in [-0.2, 0) is 17.1 Å². The summed E-state index contributed by atoms with van der Waals surface area (Å²) >= 11 is 13.6. The minimum Gasteiger partial charge on any atom is -0.355 e. The highest BCUT2D eigenvalue weighted by Gasteiger charge is 2.25. The van der Waals surface area contributed by atoms with Gasteiger partial charge in [0.05, 0.1) is 6.54 Å². The molecule has 1 fully saturated rings. The molecule has 0 bridgehead atoms. The lowest BCUT2D eigenvalue weighted by Crippen LogP contribution is -2.40. The zero-order chi connectivity index (χ0) is 23.9. The number of halogens is 3. The highest BCUT2D eigenvalue weighted by Crippen LogP contribution is 2.24. The molecule has 4 rings (SSSR count). The van der Waals surface area contributed by atoms with Crippen LogP contribution in [-0.4, -0.2) is 46.3 Å². The van der Waals surface area contributed by atoms with E-state index in [1.54, 1.807) is 36.0 Å². The summed E-state index contributed by atoms with van der Waals surface area (Å²) < 4.78 is 19.2. The van der Waals surface area contributed by atoms with Crippen molar-refractivity contribution in [2.24, 2.45) is 5.92 Å². The van der Waals surface area contributed by atoms with Crippen molar-refractivity contribution >= 4 is 40.9 Å². The van der Waals surface area contributed by atoms with Crippen molar-refractivity contribution in [2.45, 2.75) is 25.1 Å². The Morgan fingerprint density at radius 2 is 2.00 bits per heavy atom. The number of rotatable bonds is 9. The van der Waals surface area contributed by atoms with Crippen LogP contribution in [0.1, 0.15) is 24.3 Å². The molecule has 0 aliphatic carbocycles. The van der Waals surface area contributed by atoms with E-state index in [9.17, 15) is 9.18 Å². The van der Waals surface area contributed by atoms with Gasteiger partial charge < -0.3 is 9.84 Å². The van der Waals surface area contributed by atoms with Gasteiger partial charge in [0.1, 0.15) is 5.82 Å². The predicted molar refractivity (Wildman–Crippen MR) is 133 cm³/mol. The third-order valence-electron chi connectivity index (χ3n) is 5.72. The molecule has 1 amide bonds. The first kappa shape index (κ1) is 25.0. The maximum Gasteiger partial charge on any atom is 0.241 e. The highest BCUT2D eigenvalue weighted by atomic mass is 35.5. The largest absolute Gasteiger partial charge is 0.355 e. The number of amides is 1. The maximum absolute atomic E-state index is 13.8. The van der Waals surface area contributed by atoms with E-state index in [0.717, 1.165) is 31.5 Å². The molecule has 1 aromatic heterocycles. The Morgan fingerprint density at radius 1 is 1.21 bits per heavy atom. The molecule has 6 nitrogen and oxygen atoms in total. The smallest absolute Gasteiger partial charge is 0.241 e. The Hall–Kier alpha value is -2.13. The number of carbonyl (C=O) groups is 1. The number of benzene rings is 2. The van der Waals surface area contributed by atoms with Gasteiger partial charge in [-0.05, 0) is 50.2 Å². The van der Waals surface area contributed by atoms with E-state index in [1.807, 2.05) is 12.1 Å². The first-order valence-corrected chi connectivity index (χ1v) is 13.0. The lowest BCUT2D eigenvalue weighted by molar-refractivity contribution is -0.126. The number of hydrogen-bond donors (Lipinski definition) is 1. The summed E-state index contributed by atoms with van der Waals surface area (Å²) in [7, 11) is 0. The Morgan fingerprint density at radius 3 is 2.76 bits per heavy atom. The van der Waals surface area contributed by atoms with E-state index in [1.165, 1.54) is 6.07 Å². The van der Waals surface area contributed by atoms with Gasteiger partial charge >= 0.3 is 0 Å². The molecule has 1 N–H and O–H groups in total. The van der Waals surface area contributed by atoms with Gasteiger partial charge in [-0.1, -0.05) is 46.6 Å². The molecule has 0 spiro atoms. The predicted octanol–water partition coefficient (Wildman–Crippen LogP) is 5.44. The summed E-state index contributed by atoms with van der Waals surface area (Å²) in [5.74, 6) is 2.01. The Kier molecular flexibility index (Phi) is 8.83. The molecule has 2 heterocycles. The summed E-state index contributed by atoms with van der Waals surface area (Å²) in [6, 6.07) is 12.0. The van der Waals surface area contributed by atoms with Gasteiger partial charge in [0.15, 0.2) is 0 Å². The number of nitrogens with one attached hydrogen (secondary N) is 1. The Balaban J connectivity index is 1.15. The Labute approximate surface area is 212 Å². The van der Waals surface area contributed by atoms with Crippen LogP contribution in [0.25, 0.3) is 11.4 Å². The van der Waals surface area contributed by atoms with Gasteiger partial charge in [-0.15, -0.1) is 0 Å². The number of piperidine rings is 1. The van der Waals surface area contributed by atoms with E-state index >= 15 is 0 Å². The fraction of sp³-hybridized carbons (Fsp3) is 0.375. The van der Waals surface area contributed by atoms with Crippen molar-refractivity contribution < 1.29 is 13.7 Å². The molecule has 2 aromatic carbocycles. The minimum atomic E-state index is -0.294. The molecule has 34 heavy (non-hydrogen) atoms. The van der Waals surface area contributed by atoms with Crippen molar-refractivity contribution in [1.82, 2.24) is 20.4 Å². The number of carbonyl (C=O) groups excluding carboxylic acids is 1. The second-order valence-electron chi connectivity index (χ2n) is 8.12. The Bertz CT molecular complexity index is 1100. The molecule has 0 saturated carbocycles. The molecule has 1 aliphatic rings. The van der Waals surface area contributed by atoms with Gasteiger partial charge in [0, 0.05) is 45.1 Å². The van der Waals surface area contributed by atoms with Gasteiger partial charge in [0.25, 0.3) is 0 Å². The van der Waals surface area contributed by atoms with Gasteiger partial charge in [-0.3, -0.25) is 9.69 Å². The number of thioether (sulfide) groups is 1. The molecule has 0 radical (unpaired) electrons. The monoisotopic (exact) mass is 522 g/mol. The summed E-state index contributed by atoms with van der Waals surface area (Å²) in [5.41, 5.74) is 1.32. The van der Waals surface area contributed by atoms with Crippen molar-refractivity contribution in [1.29, 1.82) is 0 Å². The van der Waals surface area contributed by atoms with Crippen LogP contribution in [0.2, 0.25) is 10.0 Å². The molecule has 3 aromatic rings. The average molecular weight is 523 g/mol. The van der Waals surface area contributed by atoms with Crippen LogP contribution in [0.4, 0.5) is 4.39 Å². The van der Waals surface area contributed by atoms with E-state index < -0.39 is 0 Å². The molecule has 180 valence electrons. The van der Waals surface area contributed by atoms with E-state index in [-0.39, 0.29) is 17.6 Å². The molecule has 1 saturated heterocycles. The fourth-order valence-electron chi connectivity index (χ4n) is 3.84. The maximum atomic E-state index is 13.8. The fourth-order valence-corrected chi connectivity index (χ4v) is 5.23. The molecular weight excluding hydrogens is 498 g/mol. The van der Waals surface area contributed by atoms with Crippen LogP contribution in [0.5, 0.6) is 0 Å². The number of nitrogens with zero attached hydrogens (tertiary/aromatic N) is 3. The standard InChI is InChI=1S/C24H25Cl2FN4O2S/c25-18-4-1-3-17(13-18)23-29-22(33-30-23)14-31-10-7-16(8-11-31)24(32)28-9-12-34-15-19-20(26)5-2-6-21(19)27/h1-6,13,16H,7-12,14-15H2,(H,28,32). The van der Waals surface area contributed by atoms with Crippen molar-refractivity contribution in [3.8, 4) is 11.4 Å². The van der Waals surface area contributed by atoms with Crippen molar-refractivity contribution in [3.05, 3.63) is 69.8 Å². The van der Waals surface area contributed by atoms with Crippen LogP contribution < -0.4 is 5.32 Å². The summed E-state index contributed by atoms with van der Waals surface area (Å²) in [6.45, 7) is 2.67. The first-order valence-electron chi connectivity index (χ1n) is 11.1. The molecule has 0 unspecified atom stereocenters. The second-order valence-corrected chi connectivity index (χ2v) is 10.1. The van der Waals surface area contributed by atoms with Crippen LogP contribution in [0.15, 0.2) is 47.0 Å². The number of hydrogen-bond acceptors (Lipinski definition) is 6. The van der Waals surface area contributed by atoms with Crippen LogP contribution >= 0.6 is 35.0 Å². The summed E-state index contributed by atoms with van der Waals surface area (Å²) in [5, 5.41) is 8.11. The lowest BCUT2D eigenvalue weighted by atomic mass is 9.96. The topological polar surface area (TPSA) is 71.3 Å². The third-order valence-corrected chi connectivity index (χ3v) is 7.30. The third kappa shape index (κ3) is 6.72. The average Bonchev–Trinajstić information content (AvgIpc) is 3.29. The first-order chi connectivity index (χ1) is 16.5. The van der Waals surface area contributed by atoms with Crippen LogP contribution in [0, 0.1) is 11.7 Å². The summed E-state index contributed by atoms with van der Waals surface area (Å²) in [6.07, 6.45) is 1.55. The highest BCUT2D eigenvalue weighted by molar-refractivity contribution is 7.98. The normalized spacial score (nSPS) is 14.9. The van der Waals surface area contributed by atoms with Crippen molar-refractivity contribution in [3.63, 3.8) is 0 Å². The minimum absolute atomic E-state index is 0.00744. The molecule has 10 heteroatoms. The SMILES string of the molecule is O=C(NCCSCc1c(F)cccc1Cl)C1CCN(Cc2nc(-c3cccc(Cl)c3)no2)CC1. The number of likely N-dealkylation sites (tertiary alicyclic amines) is 1. The van der Waals surface area contributed by atoms with Gasteiger partial charge in [-0.25, -0.2) is 4.39 Å². The van der Waals surface area contributed by atoms with Gasteiger partial charge in [-0.2, -0.15) is 16.7 Å². The van der Waals surface area contributed by atoms with Gasteiger partial charge in [0.2, 0.25) is 17.6 Å². The van der Waals surface area contributed by atoms with E-state index in [2.05, 4.69) is 20.4 Å². The summed E-state index contributed by atoms with van der Waals surface area (Å²) in [4.78, 5) is 19.2. The number of aromatic nitrogens is 2. The molecule has 0 atom stereocenters. The zero-order valence-corrected chi connectivity index (χ0v) is 20.8. The van der Waals surface area contributed by atoms with Crippen LogP contribution in [0.3, 0.4) is 0 Å². The zero-order valence-electron chi connectivity index (χ0n) is 18.5. The quantitative estimate of drug-likeness (QED) is 0.377. The molecular formula is C24H25Cl2FN4O2S. The van der Waals surface area contributed by atoms with E-state index in [0.29, 0.717) is 51.9 Å². The van der Waals surface area contributed by atoms with E-state index in [4.69, 9.17) is 27.7 Å². The van der Waals surface area contributed by atoms with Crippen molar-refractivity contribution in [2.75, 3.05) is 25.4 Å². The molecule has 1 aliphatic heterocycles.